The monoisotopic (exact) mass is 341 g/mol. The van der Waals surface area contributed by atoms with Gasteiger partial charge in [0.15, 0.2) is 0 Å². The first-order chi connectivity index (χ1) is 12.1. The Balaban J connectivity index is 1.34. The van der Waals surface area contributed by atoms with Crippen molar-refractivity contribution in [3.05, 3.63) is 65.7 Å². The summed E-state index contributed by atoms with van der Waals surface area (Å²) < 4.78 is 12.9. The summed E-state index contributed by atoms with van der Waals surface area (Å²) in [5, 5.41) is 5.59. The maximum absolute atomic E-state index is 12.9. The highest BCUT2D eigenvalue weighted by Gasteiger charge is 2.43. The molecular weight excluding hydrogens is 321 g/mol. The fraction of sp³-hybridized carbons (Fsp3) is 0.316. The summed E-state index contributed by atoms with van der Waals surface area (Å²) in [6.45, 7) is 0.736. The lowest BCUT2D eigenvalue weighted by Crippen LogP contribution is -2.31. The van der Waals surface area contributed by atoms with Crippen molar-refractivity contribution in [2.45, 2.75) is 25.3 Å². The highest BCUT2D eigenvalue weighted by atomic mass is 19.1. The number of hydrogen-bond acceptors (Lipinski definition) is 3. The highest BCUT2D eigenvalue weighted by Crippen LogP contribution is 2.47. The van der Waals surface area contributed by atoms with E-state index in [1.807, 2.05) is 12.1 Å². The van der Waals surface area contributed by atoms with Crippen molar-refractivity contribution >= 4 is 11.8 Å². The van der Waals surface area contributed by atoms with Gasteiger partial charge in [-0.1, -0.05) is 18.2 Å². The SMILES string of the molecule is O=C(CCNC(=O)[C@H]1C[C@H]1c1ccc(F)cc1)NCc1cccnc1. The zero-order chi connectivity index (χ0) is 17.6. The quantitative estimate of drug-likeness (QED) is 0.811. The number of nitrogens with zero attached hydrogens (tertiary/aromatic N) is 1. The fourth-order valence-electron chi connectivity index (χ4n) is 2.79. The molecule has 0 aliphatic heterocycles. The van der Waals surface area contributed by atoms with Gasteiger partial charge in [-0.15, -0.1) is 0 Å². The zero-order valence-corrected chi connectivity index (χ0v) is 13.7. The molecular formula is C19H20FN3O2. The second-order valence-corrected chi connectivity index (χ2v) is 6.18. The van der Waals surface area contributed by atoms with Crippen molar-refractivity contribution < 1.29 is 14.0 Å². The van der Waals surface area contributed by atoms with Crippen LogP contribution in [0, 0.1) is 11.7 Å². The molecule has 1 heterocycles. The van der Waals surface area contributed by atoms with Gasteiger partial charge in [0, 0.05) is 37.8 Å². The number of benzene rings is 1. The summed E-state index contributed by atoms with van der Waals surface area (Å²) in [5.41, 5.74) is 1.91. The molecule has 0 radical (unpaired) electrons. The van der Waals surface area contributed by atoms with Gasteiger partial charge in [0.1, 0.15) is 5.82 Å². The van der Waals surface area contributed by atoms with Gasteiger partial charge in [0.2, 0.25) is 11.8 Å². The van der Waals surface area contributed by atoms with E-state index in [-0.39, 0.29) is 35.9 Å². The molecule has 2 amide bonds. The Hall–Kier alpha value is -2.76. The summed E-state index contributed by atoms with van der Waals surface area (Å²) in [6.07, 6.45) is 4.38. The number of rotatable bonds is 7. The molecule has 1 saturated carbocycles. The van der Waals surface area contributed by atoms with Crippen molar-refractivity contribution in [3.63, 3.8) is 0 Å². The van der Waals surface area contributed by atoms with E-state index in [4.69, 9.17) is 0 Å². The zero-order valence-electron chi connectivity index (χ0n) is 13.7. The van der Waals surface area contributed by atoms with Crippen LogP contribution in [0.25, 0.3) is 0 Å². The Morgan fingerprint density at radius 2 is 1.96 bits per heavy atom. The number of pyridine rings is 1. The average molecular weight is 341 g/mol. The number of halogens is 1. The molecule has 1 aliphatic carbocycles. The van der Waals surface area contributed by atoms with Gasteiger partial charge >= 0.3 is 0 Å². The summed E-state index contributed by atoms with van der Waals surface area (Å²) >= 11 is 0. The van der Waals surface area contributed by atoms with E-state index in [9.17, 15) is 14.0 Å². The molecule has 0 bridgehead atoms. The van der Waals surface area contributed by atoms with Gasteiger partial charge in [-0.2, -0.15) is 0 Å². The highest BCUT2D eigenvalue weighted by molar-refractivity contribution is 5.83. The molecule has 2 N–H and O–H groups in total. The molecule has 0 spiro atoms. The Bertz CT molecular complexity index is 734. The van der Waals surface area contributed by atoms with Crippen LogP contribution in [0.2, 0.25) is 0 Å². The third-order valence-electron chi connectivity index (χ3n) is 4.29. The van der Waals surface area contributed by atoms with Crippen LogP contribution >= 0.6 is 0 Å². The van der Waals surface area contributed by atoms with Crippen LogP contribution in [0.5, 0.6) is 0 Å². The predicted molar refractivity (Wildman–Crippen MR) is 91.0 cm³/mol. The standard InChI is InChI=1S/C19H20FN3O2/c20-15-5-3-14(4-6-15)16-10-17(16)19(25)22-9-7-18(24)23-12-13-2-1-8-21-11-13/h1-6,8,11,16-17H,7,9-10,12H2,(H,22,25)(H,23,24)/t16-,17-/m0/s1. The molecule has 6 heteroatoms. The van der Waals surface area contributed by atoms with Crippen molar-refractivity contribution in [3.8, 4) is 0 Å². The number of carbonyl (C=O) groups excluding carboxylic acids is 2. The van der Waals surface area contributed by atoms with Crippen molar-refractivity contribution in [2.24, 2.45) is 5.92 Å². The molecule has 25 heavy (non-hydrogen) atoms. The van der Waals surface area contributed by atoms with E-state index in [0.29, 0.717) is 13.1 Å². The van der Waals surface area contributed by atoms with Crippen LogP contribution in [-0.4, -0.2) is 23.3 Å². The maximum Gasteiger partial charge on any atom is 0.223 e. The molecule has 1 fully saturated rings. The minimum absolute atomic E-state index is 0.0469. The van der Waals surface area contributed by atoms with Crippen LogP contribution in [0.1, 0.15) is 29.9 Å². The summed E-state index contributed by atoms with van der Waals surface area (Å²) in [6, 6.07) is 9.97. The Kier molecular flexibility index (Phi) is 5.38. The second kappa shape index (κ2) is 7.88. The number of aromatic nitrogens is 1. The van der Waals surface area contributed by atoms with Crippen LogP contribution < -0.4 is 10.6 Å². The van der Waals surface area contributed by atoms with Gasteiger partial charge in [-0.25, -0.2) is 4.39 Å². The van der Waals surface area contributed by atoms with Gasteiger partial charge in [0.25, 0.3) is 0 Å². The molecule has 130 valence electrons. The first-order valence-corrected chi connectivity index (χ1v) is 8.32. The third-order valence-corrected chi connectivity index (χ3v) is 4.29. The lowest BCUT2D eigenvalue weighted by Gasteiger charge is -2.07. The second-order valence-electron chi connectivity index (χ2n) is 6.18. The molecule has 2 atom stereocenters. The number of nitrogens with one attached hydrogen (secondary N) is 2. The molecule has 0 unspecified atom stereocenters. The Labute approximate surface area is 145 Å². The molecule has 1 aromatic carbocycles. The minimum atomic E-state index is -0.275. The van der Waals surface area contributed by atoms with Crippen molar-refractivity contribution in [1.82, 2.24) is 15.6 Å². The van der Waals surface area contributed by atoms with Gasteiger partial charge in [-0.3, -0.25) is 14.6 Å². The summed E-state index contributed by atoms with van der Waals surface area (Å²) in [4.78, 5) is 27.9. The topological polar surface area (TPSA) is 71.1 Å². The van der Waals surface area contributed by atoms with E-state index in [2.05, 4.69) is 15.6 Å². The van der Waals surface area contributed by atoms with E-state index < -0.39 is 0 Å². The van der Waals surface area contributed by atoms with Crippen molar-refractivity contribution in [2.75, 3.05) is 6.54 Å². The van der Waals surface area contributed by atoms with E-state index in [0.717, 1.165) is 17.5 Å². The predicted octanol–water partition coefficient (Wildman–Crippen LogP) is 2.15. The molecule has 5 nitrogen and oxygen atoms in total. The molecule has 2 aromatic rings. The van der Waals surface area contributed by atoms with E-state index in [1.165, 1.54) is 12.1 Å². The third kappa shape index (κ3) is 4.86. The van der Waals surface area contributed by atoms with Crippen LogP contribution in [0.3, 0.4) is 0 Å². The van der Waals surface area contributed by atoms with Crippen LogP contribution in [0.4, 0.5) is 4.39 Å². The van der Waals surface area contributed by atoms with Crippen LogP contribution in [0.15, 0.2) is 48.8 Å². The number of hydrogen-bond donors (Lipinski definition) is 2. The molecule has 3 rings (SSSR count). The molecule has 0 saturated heterocycles. The average Bonchev–Trinajstić information content (AvgIpc) is 3.42. The molecule has 1 aliphatic rings. The summed E-state index contributed by atoms with van der Waals surface area (Å²) in [5.74, 6) is -0.365. The lowest BCUT2D eigenvalue weighted by atomic mass is 10.1. The normalized spacial score (nSPS) is 18.4. The summed E-state index contributed by atoms with van der Waals surface area (Å²) in [7, 11) is 0. The first-order valence-electron chi connectivity index (χ1n) is 8.32. The van der Waals surface area contributed by atoms with Crippen molar-refractivity contribution in [1.29, 1.82) is 0 Å². The smallest absolute Gasteiger partial charge is 0.223 e. The first kappa shape index (κ1) is 17.1. The Morgan fingerprint density at radius 1 is 1.16 bits per heavy atom. The molecule has 1 aromatic heterocycles. The van der Waals surface area contributed by atoms with Gasteiger partial charge in [-0.05, 0) is 41.7 Å². The largest absolute Gasteiger partial charge is 0.355 e. The van der Waals surface area contributed by atoms with E-state index in [1.54, 1.807) is 24.5 Å². The van der Waals surface area contributed by atoms with E-state index >= 15 is 0 Å². The van der Waals surface area contributed by atoms with Gasteiger partial charge in [0.05, 0.1) is 0 Å². The lowest BCUT2D eigenvalue weighted by molar-refractivity contribution is -0.123. The Morgan fingerprint density at radius 3 is 2.68 bits per heavy atom. The number of amides is 2. The maximum atomic E-state index is 12.9. The van der Waals surface area contributed by atoms with Crippen LogP contribution in [-0.2, 0) is 16.1 Å². The van der Waals surface area contributed by atoms with Gasteiger partial charge < -0.3 is 10.6 Å². The minimum Gasteiger partial charge on any atom is -0.355 e. The number of carbonyl (C=O) groups is 2. The fourth-order valence-corrected chi connectivity index (χ4v) is 2.79.